The number of rotatable bonds is 4. The lowest BCUT2D eigenvalue weighted by molar-refractivity contribution is 0.0917. The topological polar surface area (TPSA) is 76.4 Å². The van der Waals surface area contributed by atoms with Gasteiger partial charge in [-0.05, 0) is 17.7 Å². The zero-order valence-corrected chi connectivity index (χ0v) is 14.1. The summed E-state index contributed by atoms with van der Waals surface area (Å²) in [4.78, 5) is 12.4. The second-order valence-corrected chi connectivity index (χ2v) is 6.20. The summed E-state index contributed by atoms with van der Waals surface area (Å²) in [6.07, 6.45) is 0.602. The standard InChI is InChI=1S/C20H19N3O3/c24-20(18-11-16(26-23-18)10-14-6-2-1-3-7-14)22-15-12-21-17-8-4-5-9-19(17)25-13-15/h1-9,11,15,21H,10,12-13H2,(H,22,24)/t15-/m1/s1. The molecule has 0 aliphatic carbocycles. The Bertz CT molecular complexity index is 865. The maximum absolute atomic E-state index is 12.4. The largest absolute Gasteiger partial charge is 0.489 e. The van der Waals surface area contributed by atoms with Crippen molar-refractivity contribution in [3.63, 3.8) is 0 Å². The molecular weight excluding hydrogens is 330 g/mol. The van der Waals surface area contributed by atoms with Crippen LogP contribution in [0.4, 0.5) is 5.69 Å². The van der Waals surface area contributed by atoms with Crippen molar-refractivity contribution in [3.05, 3.63) is 77.7 Å². The van der Waals surface area contributed by atoms with Gasteiger partial charge in [0, 0.05) is 19.0 Å². The lowest BCUT2D eigenvalue weighted by Gasteiger charge is -2.15. The van der Waals surface area contributed by atoms with Crippen molar-refractivity contribution >= 4 is 11.6 Å². The number of carbonyl (C=O) groups excluding carboxylic acids is 1. The van der Waals surface area contributed by atoms with E-state index in [0.717, 1.165) is 17.0 Å². The molecule has 0 saturated carbocycles. The molecule has 3 aromatic rings. The van der Waals surface area contributed by atoms with Crippen LogP contribution < -0.4 is 15.4 Å². The highest BCUT2D eigenvalue weighted by atomic mass is 16.5. The van der Waals surface area contributed by atoms with E-state index in [-0.39, 0.29) is 17.6 Å². The van der Waals surface area contributed by atoms with Crippen LogP contribution in [0.15, 0.2) is 65.2 Å². The molecule has 1 amide bonds. The molecule has 2 N–H and O–H groups in total. The fourth-order valence-corrected chi connectivity index (χ4v) is 2.87. The van der Waals surface area contributed by atoms with E-state index in [1.807, 2.05) is 54.6 Å². The summed E-state index contributed by atoms with van der Waals surface area (Å²) < 4.78 is 11.1. The third-order valence-corrected chi connectivity index (χ3v) is 4.21. The Morgan fingerprint density at radius 1 is 1.15 bits per heavy atom. The Kier molecular flexibility index (Phi) is 4.55. The molecule has 1 atom stereocenters. The maximum atomic E-state index is 12.4. The molecule has 2 aromatic carbocycles. The average Bonchev–Trinajstić information content (AvgIpc) is 3.04. The van der Waals surface area contributed by atoms with Crippen molar-refractivity contribution in [1.29, 1.82) is 0 Å². The highest BCUT2D eigenvalue weighted by Crippen LogP contribution is 2.25. The van der Waals surface area contributed by atoms with E-state index in [1.165, 1.54) is 0 Å². The van der Waals surface area contributed by atoms with Gasteiger partial charge in [0.2, 0.25) is 0 Å². The number of nitrogens with zero attached hydrogens (tertiary/aromatic N) is 1. The van der Waals surface area contributed by atoms with Crippen LogP contribution in [0.25, 0.3) is 0 Å². The third-order valence-electron chi connectivity index (χ3n) is 4.21. The summed E-state index contributed by atoms with van der Waals surface area (Å²) in [5.41, 5.74) is 2.31. The fraction of sp³-hybridized carbons (Fsp3) is 0.200. The highest BCUT2D eigenvalue weighted by molar-refractivity contribution is 5.92. The van der Waals surface area contributed by atoms with Gasteiger partial charge in [0.05, 0.1) is 11.7 Å². The number of nitrogens with one attached hydrogen (secondary N) is 2. The molecule has 1 aliphatic rings. The molecule has 1 aliphatic heterocycles. The summed E-state index contributed by atoms with van der Waals surface area (Å²) in [5.74, 6) is 1.18. The van der Waals surface area contributed by atoms with E-state index in [0.29, 0.717) is 25.3 Å². The minimum atomic E-state index is -0.269. The first-order valence-corrected chi connectivity index (χ1v) is 8.54. The number of hydrogen-bond donors (Lipinski definition) is 2. The molecule has 0 unspecified atom stereocenters. The van der Waals surface area contributed by atoms with Crippen LogP contribution in [0.3, 0.4) is 0 Å². The SMILES string of the molecule is O=C(N[C@@H]1CNc2ccccc2OC1)c1cc(Cc2ccccc2)on1. The molecule has 26 heavy (non-hydrogen) atoms. The zero-order valence-electron chi connectivity index (χ0n) is 14.1. The number of aromatic nitrogens is 1. The molecule has 0 bridgehead atoms. The predicted octanol–water partition coefficient (Wildman–Crippen LogP) is 2.87. The van der Waals surface area contributed by atoms with Crippen LogP contribution in [-0.2, 0) is 6.42 Å². The summed E-state index contributed by atoms with van der Waals surface area (Å²) in [7, 11) is 0. The van der Waals surface area contributed by atoms with E-state index in [9.17, 15) is 4.79 Å². The normalized spacial score (nSPS) is 15.9. The van der Waals surface area contributed by atoms with E-state index in [1.54, 1.807) is 6.07 Å². The van der Waals surface area contributed by atoms with E-state index >= 15 is 0 Å². The molecule has 0 fully saturated rings. The Hall–Kier alpha value is -3.28. The van der Waals surface area contributed by atoms with Crippen LogP contribution in [0.5, 0.6) is 5.75 Å². The highest BCUT2D eigenvalue weighted by Gasteiger charge is 2.21. The first-order chi connectivity index (χ1) is 12.8. The number of carbonyl (C=O) groups is 1. The number of fused-ring (bicyclic) bond motifs is 1. The Morgan fingerprint density at radius 2 is 1.96 bits per heavy atom. The Balaban J connectivity index is 1.37. The first kappa shape index (κ1) is 16.2. The van der Waals surface area contributed by atoms with Crippen molar-refractivity contribution in [2.45, 2.75) is 12.5 Å². The van der Waals surface area contributed by atoms with Crippen LogP contribution >= 0.6 is 0 Å². The second-order valence-electron chi connectivity index (χ2n) is 6.20. The first-order valence-electron chi connectivity index (χ1n) is 8.54. The number of benzene rings is 2. The molecule has 0 radical (unpaired) electrons. The minimum Gasteiger partial charge on any atom is -0.489 e. The average molecular weight is 349 g/mol. The third kappa shape index (κ3) is 3.69. The number of anilines is 1. The van der Waals surface area contributed by atoms with Gasteiger partial charge in [-0.1, -0.05) is 47.6 Å². The van der Waals surface area contributed by atoms with Crippen LogP contribution in [0.2, 0.25) is 0 Å². The molecule has 2 heterocycles. The number of hydrogen-bond acceptors (Lipinski definition) is 5. The van der Waals surface area contributed by atoms with E-state index in [2.05, 4.69) is 15.8 Å². The molecule has 0 spiro atoms. The molecule has 1 aromatic heterocycles. The van der Waals surface area contributed by atoms with E-state index < -0.39 is 0 Å². The lowest BCUT2D eigenvalue weighted by atomic mass is 10.1. The van der Waals surface area contributed by atoms with Gasteiger partial charge in [-0.2, -0.15) is 0 Å². The van der Waals surface area contributed by atoms with Crippen molar-refractivity contribution in [2.75, 3.05) is 18.5 Å². The van der Waals surface area contributed by atoms with Crippen LogP contribution in [0.1, 0.15) is 21.8 Å². The number of amides is 1. The minimum absolute atomic E-state index is 0.163. The quantitative estimate of drug-likeness (QED) is 0.757. The molecule has 0 saturated heterocycles. The predicted molar refractivity (Wildman–Crippen MR) is 97.4 cm³/mol. The van der Waals surface area contributed by atoms with Gasteiger partial charge in [0.15, 0.2) is 5.69 Å². The second kappa shape index (κ2) is 7.31. The Morgan fingerprint density at radius 3 is 2.85 bits per heavy atom. The number of ether oxygens (including phenoxy) is 1. The van der Waals surface area contributed by atoms with Crippen molar-refractivity contribution < 1.29 is 14.1 Å². The molecule has 132 valence electrons. The monoisotopic (exact) mass is 349 g/mol. The molecule has 6 nitrogen and oxygen atoms in total. The van der Waals surface area contributed by atoms with Gasteiger partial charge in [-0.25, -0.2) is 0 Å². The van der Waals surface area contributed by atoms with Gasteiger partial charge < -0.3 is 19.9 Å². The van der Waals surface area contributed by atoms with Gasteiger partial charge >= 0.3 is 0 Å². The maximum Gasteiger partial charge on any atom is 0.273 e. The van der Waals surface area contributed by atoms with Crippen LogP contribution in [-0.4, -0.2) is 30.3 Å². The Labute approximate surface area is 151 Å². The van der Waals surface area contributed by atoms with Gasteiger partial charge in [-0.3, -0.25) is 4.79 Å². The summed E-state index contributed by atoms with van der Waals surface area (Å²) in [6, 6.07) is 19.2. The fourth-order valence-electron chi connectivity index (χ4n) is 2.87. The molecule has 6 heteroatoms. The van der Waals surface area contributed by atoms with Crippen molar-refractivity contribution in [3.8, 4) is 5.75 Å². The lowest BCUT2D eigenvalue weighted by Crippen LogP contribution is -2.42. The number of para-hydroxylation sites is 2. The van der Waals surface area contributed by atoms with Crippen molar-refractivity contribution in [2.24, 2.45) is 0 Å². The van der Waals surface area contributed by atoms with Crippen molar-refractivity contribution in [1.82, 2.24) is 10.5 Å². The summed E-state index contributed by atoms with van der Waals surface area (Å²) in [5, 5.41) is 10.1. The van der Waals surface area contributed by atoms with Gasteiger partial charge in [0.25, 0.3) is 5.91 Å². The van der Waals surface area contributed by atoms with Gasteiger partial charge in [-0.15, -0.1) is 0 Å². The summed E-state index contributed by atoms with van der Waals surface area (Å²) >= 11 is 0. The van der Waals surface area contributed by atoms with E-state index in [4.69, 9.17) is 9.26 Å². The molecular formula is C20H19N3O3. The molecule has 4 rings (SSSR count). The van der Waals surface area contributed by atoms with Crippen LogP contribution in [0, 0.1) is 0 Å². The van der Waals surface area contributed by atoms with Gasteiger partial charge in [0.1, 0.15) is 18.1 Å². The summed E-state index contributed by atoms with van der Waals surface area (Å²) in [6.45, 7) is 0.974. The zero-order chi connectivity index (χ0) is 17.8. The smallest absolute Gasteiger partial charge is 0.273 e.